The van der Waals surface area contributed by atoms with Crippen molar-refractivity contribution in [1.29, 1.82) is 0 Å². The van der Waals surface area contributed by atoms with Gasteiger partial charge >= 0.3 is 10.4 Å². The van der Waals surface area contributed by atoms with Crippen molar-refractivity contribution in [2.24, 2.45) is 0 Å². The minimum Gasteiger partial charge on any atom is -0.394 e. The van der Waals surface area contributed by atoms with E-state index in [1.54, 1.807) is 0 Å². The van der Waals surface area contributed by atoms with Gasteiger partial charge in [-0.3, -0.25) is 14.1 Å². The van der Waals surface area contributed by atoms with Gasteiger partial charge in [-0.25, -0.2) is 4.18 Å². The van der Waals surface area contributed by atoms with E-state index >= 15 is 0 Å². The highest BCUT2D eigenvalue weighted by molar-refractivity contribution is 7.80. The maximum absolute atomic E-state index is 12.2. The van der Waals surface area contributed by atoms with Crippen LogP contribution < -0.4 is 10.6 Å². The topological polar surface area (TPSA) is 409 Å². The zero-order valence-electron chi connectivity index (χ0n) is 29.0. The molecule has 4 rings (SSSR count). The third-order valence-corrected chi connectivity index (χ3v) is 9.66. The predicted octanol–water partition coefficient (Wildman–Crippen LogP) is -9.63. The summed E-state index contributed by atoms with van der Waals surface area (Å²) in [4.78, 5) is 24.1. The maximum atomic E-state index is 12.2. The van der Waals surface area contributed by atoms with Crippen LogP contribution in [-0.2, 0) is 57.3 Å². The molecule has 0 radical (unpaired) electrons. The van der Waals surface area contributed by atoms with Crippen LogP contribution in [0, 0.1) is 0 Å². The maximum Gasteiger partial charge on any atom is 0.397 e. The van der Waals surface area contributed by atoms with Crippen LogP contribution in [0.15, 0.2) is 0 Å². The van der Waals surface area contributed by atoms with Crippen LogP contribution in [0.3, 0.4) is 0 Å². The van der Waals surface area contributed by atoms with Crippen molar-refractivity contribution in [2.75, 3.05) is 26.4 Å². The van der Waals surface area contributed by atoms with Crippen LogP contribution in [0.1, 0.15) is 13.8 Å². The largest absolute Gasteiger partial charge is 0.397 e. The van der Waals surface area contributed by atoms with E-state index in [1.807, 2.05) is 0 Å². The molecule has 0 aromatic carbocycles. The highest BCUT2D eigenvalue weighted by Gasteiger charge is 2.54. The van der Waals surface area contributed by atoms with Gasteiger partial charge in [0.1, 0.15) is 97.5 Å². The molecule has 20 atom stereocenters. The zero-order valence-corrected chi connectivity index (χ0v) is 29.9. The van der Waals surface area contributed by atoms with Crippen molar-refractivity contribution >= 4 is 22.2 Å². The molecule has 2 amide bonds. The van der Waals surface area contributed by atoms with Crippen molar-refractivity contribution in [3.8, 4) is 0 Å². The number of ether oxygens (including phenoxy) is 7. The number of hydrogen-bond donors (Lipinski definition) is 14. The van der Waals surface area contributed by atoms with Crippen LogP contribution in [-0.4, -0.2) is 230 Å². The van der Waals surface area contributed by atoms with Crippen molar-refractivity contribution in [3.63, 3.8) is 0 Å². The van der Waals surface area contributed by atoms with E-state index in [0.29, 0.717) is 0 Å². The number of carbonyl (C=O) groups is 2. The predicted molar refractivity (Wildman–Crippen MR) is 167 cm³/mol. The van der Waals surface area contributed by atoms with E-state index in [9.17, 15) is 74.2 Å². The molecule has 0 bridgehead atoms. The average molecular weight is 829 g/mol. The third-order valence-electron chi connectivity index (χ3n) is 9.19. The SMILES string of the molecule is CC(=O)N[C@@H]1[C@@H](O[C@@H]2O[C@H](CO)[C@H](O)[C@H](O)[C@H]2O)[C@@H](O)[C@@H](CO[C@@H]2O[C@H](CO)[C@@H](O[C@@H]3O[C@H](CO)[C@H](OS(=O)(=O)O)[C@H](O)[C@H]3O)[C@H](O)[C@H]2NC(C)=O)O[C@H]1O. The van der Waals surface area contributed by atoms with Crippen LogP contribution in [0.5, 0.6) is 0 Å². The van der Waals surface area contributed by atoms with Crippen molar-refractivity contribution in [3.05, 3.63) is 0 Å². The van der Waals surface area contributed by atoms with Crippen LogP contribution in [0.2, 0.25) is 0 Å². The first-order valence-corrected chi connectivity index (χ1v) is 18.1. The summed E-state index contributed by atoms with van der Waals surface area (Å²) in [6.07, 6.45) is -33.1. The molecule has 27 heteroatoms. The first-order chi connectivity index (χ1) is 25.7. The molecule has 320 valence electrons. The molecule has 0 spiro atoms. The molecule has 4 saturated heterocycles. The summed E-state index contributed by atoms with van der Waals surface area (Å²) in [6.45, 7) is -1.48. The highest BCUT2D eigenvalue weighted by Crippen LogP contribution is 2.33. The summed E-state index contributed by atoms with van der Waals surface area (Å²) in [7, 11) is -5.22. The molecule has 0 aromatic rings. The van der Waals surface area contributed by atoms with Gasteiger partial charge in [0.2, 0.25) is 11.8 Å². The highest BCUT2D eigenvalue weighted by atomic mass is 32.3. The van der Waals surface area contributed by atoms with Crippen LogP contribution >= 0.6 is 0 Å². The van der Waals surface area contributed by atoms with Gasteiger partial charge in [-0.15, -0.1) is 0 Å². The quantitative estimate of drug-likeness (QED) is 0.0723. The lowest BCUT2D eigenvalue weighted by Gasteiger charge is -2.48. The lowest BCUT2D eigenvalue weighted by atomic mass is 9.94. The molecule has 0 aliphatic carbocycles. The van der Waals surface area contributed by atoms with E-state index in [2.05, 4.69) is 14.8 Å². The van der Waals surface area contributed by atoms with Crippen molar-refractivity contribution < 1.29 is 116 Å². The van der Waals surface area contributed by atoms with Gasteiger partial charge in [-0.2, -0.15) is 8.42 Å². The van der Waals surface area contributed by atoms with E-state index < -0.39 is 171 Å². The van der Waals surface area contributed by atoms with Crippen LogP contribution in [0.4, 0.5) is 0 Å². The molecule has 0 unspecified atom stereocenters. The molecule has 4 fully saturated rings. The number of carbonyl (C=O) groups excluding carboxylic acids is 2. The fourth-order valence-electron chi connectivity index (χ4n) is 6.49. The fraction of sp³-hybridized carbons (Fsp3) is 0.929. The van der Waals surface area contributed by atoms with Gasteiger partial charge < -0.3 is 100.0 Å². The molecule has 26 nitrogen and oxygen atoms in total. The average Bonchev–Trinajstić information content (AvgIpc) is 3.11. The first-order valence-electron chi connectivity index (χ1n) is 16.7. The molecule has 0 aromatic heterocycles. The standard InChI is InChI=1S/C28H48N2O24S/c1-7(34)29-13-17(38)22(52-28-21(42)19(40)23(11(5-33)51-28)54-55(44,45)46)10(4-32)50-26(13)47-6-12-16(37)24(14(25(43)48-12)30-8(2)35)53-27-20(41)18(39)15(36)9(3-31)49-27/h9-28,31-33,36-43H,3-6H2,1-2H3,(H,29,34)(H,30,35)(H,44,45,46)/t9-,10-,11-,12-,13-,14-,15+,16+,17-,18+,19-,20-,21-,22-,23+,24-,25-,26-,27+,28+/m1/s1. The molecule has 0 saturated carbocycles. The number of aliphatic hydroxyl groups excluding tert-OH is 11. The number of nitrogens with one attached hydrogen (secondary N) is 2. The van der Waals surface area contributed by atoms with E-state index in [-0.39, 0.29) is 0 Å². The molecule has 4 heterocycles. The van der Waals surface area contributed by atoms with Crippen molar-refractivity contribution in [2.45, 2.75) is 137 Å². The normalized spacial score (nSPS) is 45.5. The zero-order chi connectivity index (χ0) is 41.1. The lowest BCUT2D eigenvalue weighted by Crippen LogP contribution is -2.69. The fourth-order valence-corrected chi connectivity index (χ4v) is 7.01. The van der Waals surface area contributed by atoms with Crippen molar-refractivity contribution in [1.82, 2.24) is 10.6 Å². The summed E-state index contributed by atoms with van der Waals surface area (Å²) in [5.41, 5.74) is 0. The minimum absolute atomic E-state index is 0.731. The third kappa shape index (κ3) is 10.8. The Balaban J connectivity index is 1.51. The van der Waals surface area contributed by atoms with Gasteiger partial charge in [-0.1, -0.05) is 0 Å². The number of aliphatic hydroxyl groups is 11. The molecular weight excluding hydrogens is 780 g/mol. The summed E-state index contributed by atoms with van der Waals surface area (Å²) >= 11 is 0. The Kier molecular flexibility index (Phi) is 16.0. The van der Waals surface area contributed by atoms with E-state index in [1.165, 1.54) is 0 Å². The van der Waals surface area contributed by atoms with E-state index in [0.717, 1.165) is 13.8 Å². The number of rotatable bonds is 14. The Morgan fingerprint density at radius 3 is 1.60 bits per heavy atom. The molecule has 4 aliphatic heterocycles. The molecular formula is C28H48N2O24S. The van der Waals surface area contributed by atoms with Gasteiger partial charge in [0, 0.05) is 13.8 Å². The van der Waals surface area contributed by atoms with E-state index in [4.69, 9.17) is 37.7 Å². The Morgan fingerprint density at radius 1 is 0.564 bits per heavy atom. The Morgan fingerprint density at radius 2 is 1.05 bits per heavy atom. The second-order valence-electron chi connectivity index (χ2n) is 13.2. The first kappa shape index (κ1) is 45.8. The lowest BCUT2D eigenvalue weighted by molar-refractivity contribution is -0.355. The monoisotopic (exact) mass is 828 g/mol. The Bertz CT molecular complexity index is 1380. The second-order valence-corrected chi connectivity index (χ2v) is 14.2. The van der Waals surface area contributed by atoms with Gasteiger partial charge in [0.25, 0.3) is 0 Å². The smallest absolute Gasteiger partial charge is 0.394 e. The summed E-state index contributed by atoms with van der Waals surface area (Å²) in [6, 6.07) is -3.15. The second kappa shape index (κ2) is 19.2. The summed E-state index contributed by atoms with van der Waals surface area (Å²) in [5, 5.41) is 120. The number of amides is 2. The Labute approximate surface area is 311 Å². The molecule has 14 N–H and O–H groups in total. The summed E-state index contributed by atoms with van der Waals surface area (Å²) in [5.74, 6) is -1.50. The van der Waals surface area contributed by atoms with Gasteiger partial charge in [0.15, 0.2) is 25.2 Å². The Hall–Kier alpha value is -1.91. The molecule has 4 aliphatic rings. The van der Waals surface area contributed by atoms with Gasteiger partial charge in [-0.05, 0) is 0 Å². The number of hydrogen-bond acceptors (Lipinski definition) is 23. The van der Waals surface area contributed by atoms with Crippen LogP contribution in [0.25, 0.3) is 0 Å². The minimum atomic E-state index is -5.22. The summed E-state index contributed by atoms with van der Waals surface area (Å²) < 4.78 is 74.7. The van der Waals surface area contributed by atoms with Gasteiger partial charge in [0.05, 0.1) is 26.4 Å². The molecule has 55 heavy (non-hydrogen) atoms.